The summed E-state index contributed by atoms with van der Waals surface area (Å²) in [6.45, 7) is 6.68. The molecule has 1 fully saturated rings. The number of piperidine rings is 1. The molecule has 1 aromatic carbocycles. The van der Waals surface area contributed by atoms with Crippen LogP contribution in [0.25, 0.3) is 10.9 Å². The molecule has 5 nitrogen and oxygen atoms in total. The minimum atomic E-state index is 0.0780. The molecule has 5 heteroatoms. The van der Waals surface area contributed by atoms with Gasteiger partial charge in [-0.25, -0.2) is 9.97 Å². The highest BCUT2D eigenvalue weighted by atomic mass is 16.1. The smallest absolute Gasteiger partial charge is 0.256 e. The monoisotopic (exact) mass is 348 g/mol. The normalized spacial score (nSPS) is 15.5. The fourth-order valence-electron chi connectivity index (χ4n) is 3.81. The fourth-order valence-corrected chi connectivity index (χ4v) is 3.81. The molecule has 1 aliphatic heterocycles. The maximum Gasteiger partial charge on any atom is 0.256 e. The van der Waals surface area contributed by atoms with Crippen molar-refractivity contribution in [3.05, 3.63) is 64.3 Å². The van der Waals surface area contributed by atoms with Crippen molar-refractivity contribution >= 4 is 16.7 Å². The van der Waals surface area contributed by atoms with Gasteiger partial charge in [-0.1, -0.05) is 18.2 Å². The van der Waals surface area contributed by atoms with Crippen LogP contribution in [0.3, 0.4) is 0 Å². The average molecular weight is 348 g/mol. The van der Waals surface area contributed by atoms with E-state index < -0.39 is 0 Å². The minimum Gasteiger partial charge on any atom is -0.357 e. The first-order valence-corrected chi connectivity index (χ1v) is 9.24. The number of para-hydroxylation sites is 1. The van der Waals surface area contributed by atoms with Gasteiger partial charge in [0.1, 0.15) is 5.82 Å². The molecule has 0 N–H and O–H groups in total. The second-order valence-corrected chi connectivity index (χ2v) is 7.28. The maximum atomic E-state index is 12.2. The number of rotatable bonds is 3. The van der Waals surface area contributed by atoms with E-state index in [9.17, 15) is 4.79 Å². The van der Waals surface area contributed by atoms with E-state index in [1.165, 1.54) is 10.9 Å². The van der Waals surface area contributed by atoms with E-state index >= 15 is 0 Å². The van der Waals surface area contributed by atoms with Crippen LogP contribution < -0.4 is 10.5 Å². The van der Waals surface area contributed by atoms with Crippen LogP contribution in [-0.4, -0.2) is 27.6 Å². The summed E-state index contributed by atoms with van der Waals surface area (Å²) in [5.41, 5.74) is 3.11. The van der Waals surface area contributed by atoms with E-state index in [4.69, 9.17) is 4.98 Å². The zero-order valence-corrected chi connectivity index (χ0v) is 15.4. The van der Waals surface area contributed by atoms with Gasteiger partial charge in [0.05, 0.1) is 11.8 Å². The topological polar surface area (TPSA) is 51.0 Å². The van der Waals surface area contributed by atoms with Crippen molar-refractivity contribution in [2.24, 2.45) is 5.92 Å². The number of hydrogen-bond acceptors (Lipinski definition) is 4. The van der Waals surface area contributed by atoms with Gasteiger partial charge < -0.3 is 4.90 Å². The molecule has 3 heterocycles. The Kier molecular flexibility index (Phi) is 4.45. The number of pyridine rings is 1. The Hall–Kier alpha value is -2.69. The first-order chi connectivity index (χ1) is 12.6. The molecule has 134 valence electrons. The molecule has 1 saturated heterocycles. The Morgan fingerprint density at radius 3 is 2.69 bits per heavy atom. The standard InChI is InChI=1S/C21H24N4O/c1-15-11-20(23-19-6-4-3-5-18(15)19)24-9-7-17(8-10-24)13-25-14-22-12-16(2)21(25)26/h3-6,11-12,14,17H,7-10,13H2,1-2H3. The number of nitrogens with zero attached hydrogens (tertiary/aromatic N) is 4. The van der Waals surface area contributed by atoms with E-state index in [-0.39, 0.29) is 5.56 Å². The molecule has 1 aliphatic rings. The van der Waals surface area contributed by atoms with E-state index in [0.717, 1.165) is 43.8 Å². The lowest BCUT2D eigenvalue weighted by Gasteiger charge is -2.33. The molecule has 0 unspecified atom stereocenters. The van der Waals surface area contributed by atoms with E-state index in [1.54, 1.807) is 17.1 Å². The SMILES string of the molecule is Cc1cncn(CC2CCN(c3cc(C)c4ccccc4n3)CC2)c1=O. The molecule has 0 bridgehead atoms. The van der Waals surface area contributed by atoms with Crippen LogP contribution in [0.1, 0.15) is 24.0 Å². The van der Waals surface area contributed by atoms with Gasteiger partial charge in [-0.3, -0.25) is 9.36 Å². The zero-order valence-electron chi connectivity index (χ0n) is 15.4. The van der Waals surface area contributed by atoms with Crippen molar-refractivity contribution in [1.82, 2.24) is 14.5 Å². The Morgan fingerprint density at radius 2 is 1.88 bits per heavy atom. The number of aromatic nitrogens is 3. The van der Waals surface area contributed by atoms with Gasteiger partial charge in [-0.05, 0) is 50.3 Å². The van der Waals surface area contributed by atoms with Crippen LogP contribution in [0, 0.1) is 19.8 Å². The lowest BCUT2D eigenvalue weighted by Crippen LogP contribution is -2.37. The highest BCUT2D eigenvalue weighted by Gasteiger charge is 2.21. The summed E-state index contributed by atoms with van der Waals surface area (Å²) in [7, 11) is 0. The molecule has 0 aliphatic carbocycles. The summed E-state index contributed by atoms with van der Waals surface area (Å²) in [6.07, 6.45) is 5.42. The number of aryl methyl sites for hydroxylation is 2. The van der Waals surface area contributed by atoms with Gasteiger partial charge in [0.2, 0.25) is 0 Å². The van der Waals surface area contributed by atoms with Crippen molar-refractivity contribution in [1.29, 1.82) is 0 Å². The maximum absolute atomic E-state index is 12.2. The van der Waals surface area contributed by atoms with Gasteiger partial charge in [0.25, 0.3) is 5.56 Å². The predicted octanol–water partition coefficient (Wildman–Crippen LogP) is 3.32. The second kappa shape index (κ2) is 6.90. The van der Waals surface area contributed by atoms with Crippen LogP contribution in [-0.2, 0) is 6.54 Å². The summed E-state index contributed by atoms with van der Waals surface area (Å²) >= 11 is 0. The number of hydrogen-bond donors (Lipinski definition) is 0. The lowest BCUT2D eigenvalue weighted by molar-refractivity contribution is 0.350. The first kappa shape index (κ1) is 16.8. The quantitative estimate of drug-likeness (QED) is 0.728. The van der Waals surface area contributed by atoms with E-state index in [1.807, 2.05) is 13.0 Å². The molecule has 2 aromatic heterocycles. The third-order valence-corrected chi connectivity index (χ3v) is 5.38. The van der Waals surface area contributed by atoms with Crippen molar-refractivity contribution in [3.63, 3.8) is 0 Å². The molecule has 0 amide bonds. The van der Waals surface area contributed by atoms with Crippen LogP contribution in [0.15, 0.2) is 47.7 Å². The third-order valence-electron chi connectivity index (χ3n) is 5.38. The molecule has 4 rings (SSSR count). The zero-order chi connectivity index (χ0) is 18.1. The van der Waals surface area contributed by atoms with Crippen LogP contribution in [0.4, 0.5) is 5.82 Å². The Morgan fingerprint density at radius 1 is 1.12 bits per heavy atom. The molecule has 0 atom stereocenters. The minimum absolute atomic E-state index is 0.0780. The van der Waals surface area contributed by atoms with Crippen LogP contribution in [0.2, 0.25) is 0 Å². The van der Waals surface area contributed by atoms with Gasteiger partial charge in [0.15, 0.2) is 0 Å². The lowest BCUT2D eigenvalue weighted by atomic mass is 9.96. The van der Waals surface area contributed by atoms with Gasteiger partial charge in [-0.2, -0.15) is 0 Å². The molecular formula is C21H24N4O. The summed E-state index contributed by atoms with van der Waals surface area (Å²) in [5.74, 6) is 1.57. The van der Waals surface area contributed by atoms with Crippen molar-refractivity contribution in [2.45, 2.75) is 33.2 Å². The van der Waals surface area contributed by atoms with E-state index in [2.05, 4.69) is 41.1 Å². The second-order valence-electron chi connectivity index (χ2n) is 7.28. The van der Waals surface area contributed by atoms with Crippen molar-refractivity contribution < 1.29 is 0 Å². The third kappa shape index (κ3) is 3.21. The highest BCUT2D eigenvalue weighted by Crippen LogP contribution is 2.26. The highest BCUT2D eigenvalue weighted by molar-refractivity contribution is 5.83. The number of anilines is 1. The number of benzene rings is 1. The predicted molar refractivity (Wildman–Crippen MR) is 105 cm³/mol. The summed E-state index contributed by atoms with van der Waals surface area (Å²) in [6, 6.07) is 10.5. The molecule has 0 radical (unpaired) electrons. The Balaban J connectivity index is 1.47. The molecule has 26 heavy (non-hydrogen) atoms. The van der Waals surface area contributed by atoms with Crippen LogP contribution >= 0.6 is 0 Å². The Bertz CT molecular complexity index is 987. The Labute approximate surface area is 153 Å². The van der Waals surface area contributed by atoms with Crippen LogP contribution in [0.5, 0.6) is 0 Å². The summed E-state index contributed by atoms with van der Waals surface area (Å²) in [5, 5.41) is 1.22. The van der Waals surface area contributed by atoms with Crippen molar-refractivity contribution in [2.75, 3.05) is 18.0 Å². The van der Waals surface area contributed by atoms with Crippen molar-refractivity contribution in [3.8, 4) is 0 Å². The van der Waals surface area contributed by atoms with Gasteiger partial charge >= 0.3 is 0 Å². The largest absolute Gasteiger partial charge is 0.357 e. The molecular weight excluding hydrogens is 324 g/mol. The van der Waals surface area contributed by atoms with Gasteiger partial charge in [-0.15, -0.1) is 0 Å². The van der Waals surface area contributed by atoms with E-state index in [0.29, 0.717) is 11.5 Å². The fraction of sp³-hybridized carbons (Fsp3) is 0.381. The number of fused-ring (bicyclic) bond motifs is 1. The van der Waals surface area contributed by atoms with Gasteiger partial charge in [0, 0.05) is 36.8 Å². The molecule has 0 spiro atoms. The average Bonchev–Trinajstić information content (AvgIpc) is 2.66. The summed E-state index contributed by atoms with van der Waals surface area (Å²) in [4.78, 5) is 23.6. The molecule has 3 aromatic rings. The summed E-state index contributed by atoms with van der Waals surface area (Å²) < 4.78 is 1.76. The molecule has 0 saturated carbocycles. The first-order valence-electron chi connectivity index (χ1n) is 9.24.